The van der Waals surface area contributed by atoms with Crippen LogP contribution in [0.1, 0.15) is 29.8 Å². The van der Waals surface area contributed by atoms with Gasteiger partial charge in [-0.05, 0) is 36.8 Å². The van der Waals surface area contributed by atoms with Gasteiger partial charge < -0.3 is 15.5 Å². The summed E-state index contributed by atoms with van der Waals surface area (Å²) in [6, 6.07) is 5.99. The highest BCUT2D eigenvalue weighted by Gasteiger charge is 2.60. The predicted molar refractivity (Wildman–Crippen MR) is 75.2 cm³/mol. The van der Waals surface area contributed by atoms with Crippen molar-refractivity contribution in [1.82, 2.24) is 15.3 Å². The van der Waals surface area contributed by atoms with Gasteiger partial charge in [0.1, 0.15) is 12.0 Å². The van der Waals surface area contributed by atoms with Crippen LogP contribution in [-0.2, 0) is 0 Å². The van der Waals surface area contributed by atoms with E-state index in [1.165, 1.54) is 6.26 Å². The third kappa shape index (κ3) is 2.12. The molecule has 4 rings (SSSR count). The molecule has 0 radical (unpaired) electrons. The van der Waals surface area contributed by atoms with E-state index in [0.717, 1.165) is 19.3 Å². The standard InChI is InChI=1S/C15H16N4O2/c16-12-7-15(12)5-9(6-15)18-13(20)11-8-21-14(19-11)10-3-1-2-4-17-10/h1-4,8-9,12H,5-7,16H2,(H,18,20). The minimum Gasteiger partial charge on any atom is -0.442 e. The van der Waals surface area contributed by atoms with Crippen LogP contribution < -0.4 is 11.1 Å². The first-order chi connectivity index (χ1) is 10.2. The molecule has 1 unspecified atom stereocenters. The van der Waals surface area contributed by atoms with Crippen LogP contribution in [-0.4, -0.2) is 28.0 Å². The fourth-order valence-corrected chi connectivity index (χ4v) is 3.12. The first-order valence-corrected chi connectivity index (χ1v) is 7.10. The van der Waals surface area contributed by atoms with Gasteiger partial charge in [0.15, 0.2) is 5.69 Å². The van der Waals surface area contributed by atoms with Gasteiger partial charge in [-0.3, -0.25) is 9.78 Å². The lowest BCUT2D eigenvalue weighted by Crippen LogP contribution is -2.47. The van der Waals surface area contributed by atoms with Gasteiger partial charge >= 0.3 is 0 Å². The summed E-state index contributed by atoms with van der Waals surface area (Å²) in [5.41, 5.74) is 7.11. The van der Waals surface area contributed by atoms with Crippen LogP contribution in [0.5, 0.6) is 0 Å². The molecule has 21 heavy (non-hydrogen) atoms. The molecule has 108 valence electrons. The highest BCUT2D eigenvalue weighted by atomic mass is 16.3. The van der Waals surface area contributed by atoms with Crippen molar-refractivity contribution in [2.45, 2.75) is 31.3 Å². The van der Waals surface area contributed by atoms with Crippen molar-refractivity contribution >= 4 is 5.91 Å². The second-order valence-corrected chi connectivity index (χ2v) is 6.00. The monoisotopic (exact) mass is 284 g/mol. The number of oxazole rings is 1. The number of amides is 1. The van der Waals surface area contributed by atoms with E-state index in [2.05, 4.69) is 15.3 Å². The maximum absolute atomic E-state index is 12.1. The third-order valence-corrected chi connectivity index (χ3v) is 4.51. The van der Waals surface area contributed by atoms with Gasteiger partial charge in [0.25, 0.3) is 5.91 Å². The Kier molecular flexibility index (Phi) is 2.62. The summed E-state index contributed by atoms with van der Waals surface area (Å²) in [6.07, 6.45) is 6.07. The number of hydrogen-bond donors (Lipinski definition) is 2. The Morgan fingerprint density at radius 2 is 2.19 bits per heavy atom. The van der Waals surface area contributed by atoms with E-state index in [9.17, 15) is 4.79 Å². The molecule has 1 amide bonds. The highest BCUT2D eigenvalue weighted by Crippen LogP contribution is 2.59. The molecule has 1 spiro atoms. The third-order valence-electron chi connectivity index (χ3n) is 4.51. The molecule has 6 heteroatoms. The minimum absolute atomic E-state index is 0.199. The van der Waals surface area contributed by atoms with Crippen molar-refractivity contribution in [1.29, 1.82) is 0 Å². The molecule has 2 aliphatic carbocycles. The summed E-state index contributed by atoms with van der Waals surface area (Å²) in [4.78, 5) is 20.5. The number of hydrogen-bond acceptors (Lipinski definition) is 5. The zero-order chi connectivity index (χ0) is 14.4. The number of nitrogens with zero attached hydrogens (tertiary/aromatic N) is 2. The molecular weight excluding hydrogens is 268 g/mol. The van der Waals surface area contributed by atoms with Crippen LogP contribution in [0.4, 0.5) is 0 Å². The molecule has 2 aromatic heterocycles. The van der Waals surface area contributed by atoms with Crippen LogP contribution in [0.25, 0.3) is 11.6 Å². The molecule has 2 aliphatic rings. The molecule has 2 heterocycles. The first kappa shape index (κ1) is 12.5. The summed E-state index contributed by atoms with van der Waals surface area (Å²) < 4.78 is 5.32. The summed E-state index contributed by atoms with van der Waals surface area (Å²) in [5.74, 6) is 0.157. The maximum Gasteiger partial charge on any atom is 0.273 e. The van der Waals surface area contributed by atoms with E-state index in [4.69, 9.17) is 10.2 Å². The van der Waals surface area contributed by atoms with Crippen molar-refractivity contribution in [2.24, 2.45) is 11.1 Å². The number of aromatic nitrogens is 2. The van der Waals surface area contributed by atoms with Gasteiger partial charge in [-0.2, -0.15) is 0 Å². The van der Waals surface area contributed by atoms with E-state index in [-0.39, 0.29) is 17.6 Å². The quantitative estimate of drug-likeness (QED) is 0.887. The molecule has 1 atom stereocenters. The van der Waals surface area contributed by atoms with Gasteiger partial charge in [-0.15, -0.1) is 0 Å². The van der Waals surface area contributed by atoms with Crippen LogP contribution in [0, 0.1) is 5.41 Å². The van der Waals surface area contributed by atoms with Crippen LogP contribution in [0.3, 0.4) is 0 Å². The zero-order valence-corrected chi connectivity index (χ0v) is 11.5. The van der Waals surface area contributed by atoms with E-state index in [0.29, 0.717) is 23.0 Å². The Hall–Kier alpha value is -2.21. The van der Waals surface area contributed by atoms with E-state index in [1.54, 1.807) is 12.3 Å². The van der Waals surface area contributed by atoms with E-state index >= 15 is 0 Å². The minimum atomic E-state index is -0.199. The van der Waals surface area contributed by atoms with E-state index in [1.807, 2.05) is 12.1 Å². The van der Waals surface area contributed by atoms with Crippen molar-refractivity contribution in [3.8, 4) is 11.6 Å². The predicted octanol–water partition coefficient (Wildman–Crippen LogP) is 1.35. The lowest BCUT2D eigenvalue weighted by molar-refractivity contribution is 0.0868. The molecule has 0 saturated heterocycles. The molecule has 6 nitrogen and oxygen atoms in total. The topological polar surface area (TPSA) is 94.0 Å². The van der Waals surface area contributed by atoms with Gasteiger partial charge in [-0.25, -0.2) is 4.98 Å². The smallest absolute Gasteiger partial charge is 0.273 e. The molecule has 0 bridgehead atoms. The van der Waals surface area contributed by atoms with Gasteiger partial charge in [0.2, 0.25) is 5.89 Å². The Balaban J connectivity index is 1.40. The molecule has 2 fully saturated rings. The average Bonchev–Trinajstić information content (AvgIpc) is 2.92. The second-order valence-electron chi connectivity index (χ2n) is 6.00. The largest absolute Gasteiger partial charge is 0.442 e. The number of carbonyl (C=O) groups excluding carboxylic acids is 1. The van der Waals surface area contributed by atoms with Crippen molar-refractivity contribution in [3.05, 3.63) is 36.4 Å². The summed E-state index contributed by atoms with van der Waals surface area (Å²) in [7, 11) is 0. The number of pyridine rings is 1. The normalized spacial score (nSPS) is 30.0. The Bertz CT molecular complexity index is 676. The van der Waals surface area contributed by atoms with Gasteiger partial charge in [0, 0.05) is 18.3 Å². The van der Waals surface area contributed by atoms with Crippen molar-refractivity contribution < 1.29 is 9.21 Å². The molecular formula is C15H16N4O2. The van der Waals surface area contributed by atoms with Crippen molar-refractivity contribution in [3.63, 3.8) is 0 Å². The number of rotatable bonds is 3. The summed E-state index contributed by atoms with van der Waals surface area (Å²) in [6.45, 7) is 0. The first-order valence-electron chi connectivity index (χ1n) is 7.10. The Morgan fingerprint density at radius 1 is 1.38 bits per heavy atom. The summed E-state index contributed by atoms with van der Waals surface area (Å²) in [5, 5.41) is 2.98. The van der Waals surface area contributed by atoms with Crippen LogP contribution in [0.15, 0.2) is 35.1 Å². The van der Waals surface area contributed by atoms with Gasteiger partial charge in [-0.1, -0.05) is 6.07 Å². The molecule has 2 saturated carbocycles. The Morgan fingerprint density at radius 3 is 2.86 bits per heavy atom. The van der Waals surface area contributed by atoms with Crippen LogP contribution in [0.2, 0.25) is 0 Å². The number of nitrogens with one attached hydrogen (secondary N) is 1. The lowest BCUT2D eigenvalue weighted by Gasteiger charge is -2.36. The Labute approximate surface area is 121 Å². The van der Waals surface area contributed by atoms with Gasteiger partial charge in [0.05, 0.1) is 0 Å². The van der Waals surface area contributed by atoms with Crippen LogP contribution >= 0.6 is 0 Å². The van der Waals surface area contributed by atoms with Crippen molar-refractivity contribution in [2.75, 3.05) is 0 Å². The molecule has 2 aromatic rings. The molecule has 3 N–H and O–H groups in total. The molecule has 0 aliphatic heterocycles. The second kappa shape index (κ2) is 4.39. The average molecular weight is 284 g/mol. The zero-order valence-electron chi connectivity index (χ0n) is 11.5. The number of carbonyl (C=O) groups is 1. The maximum atomic E-state index is 12.1. The SMILES string of the molecule is NC1CC12CC(NC(=O)c1coc(-c3ccccn3)n1)C2. The fraction of sp³-hybridized carbons (Fsp3) is 0.400. The highest BCUT2D eigenvalue weighted by molar-refractivity contribution is 5.92. The lowest BCUT2D eigenvalue weighted by atomic mass is 9.76. The molecule has 0 aromatic carbocycles. The number of nitrogens with two attached hydrogens (primary N) is 1. The van der Waals surface area contributed by atoms with E-state index < -0.39 is 0 Å². The fourth-order valence-electron chi connectivity index (χ4n) is 3.12. The summed E-state index contributed by atoms with van der Waals surface area (Å²) >= 11 is 0.